The molecule has 2 rings (SSSR count). The van der Waals surface area contributed by atoms with E-state index in [1.54, 1.807) is 12.1 Å². The first-order chi connectivity index (χ1) is 8.97. The van der Waals surface area contributed by atoms with Gasteiger partial charge in [0.15, 0.2) is 0 Å². The van der Waals surface area contributed by atoms with Crippen molar-refractivity contribution in [2.75, 3.05) is 5.32 Å². The molecule has 1 atom stereocenters. The highest BCUT2D eigenvalue weighted by Gasteiger charge is 2.10. The maximum absolute atomic E-state index is 6.17. The summed E-state index contributed by atoms with van der Waals surface area (Å²) < 4.78 is 0. The highest BCUT2D eigenvalue weighted by Crippen LogP contribution is 2.30. The minimum absolute atomic E-state index is 0.177. The second-order valence-electron chi connectivity index (χ2n) is 4.85. The van der Waals surface area contributed by atoms with E-state index in [2.05, 4.69) is 44.3 Å². The molecule has 19 heavy (non-hydrogen) atoms. The third kappa shape index (κ3) is 3.43. The highest BCUT2D eigenvalue weighted by atomic mass is 35.5. The lowest BCUT2D eigenvalue weighted by molar-refractivity contribution is 0.873. The summed E-state index contributed by atoms with van der Waals surface area (Å²) in [6, 6.07) is 12.1. The van der Waals surface area contributed by atoms with Crippen molar-refractivity contribution in [2.24, 2.45) is 0 Å². The van der Waals surface area contributed by atoms with Crippen LogP contribution in [0, 0.1) is 13.8 Å². The Morgan fingerprint density at radius 3 is 2.42 bits per heavy atom. The van der Waals surface area contributed by atoms with Gasteiger partial charge in [-0.15, -0.1) is 0 Å². The molecular weight excluding hydrogens is 277 g/mol. The molecule has 0 aliphatic heterocycles. The zero-order valence-corrected chi connectivity index (χ0v) is 12.8. The molecule has 0 spiro atoms. The van der Waals surface area contributed by atoms with E-state index in [9.17, 15) is 0 Å². The van der Waals surface area contributed by atoms with Gasteiger partial charge in [0.05, 0.1) is 10.7 Å². The molecule has 2 aromatic carbocycles. The molecule has 1 unspecified atom stereocenters. The number of benzene rings is 2. The van der Waals surface area contributed by atoms with Gasteiger partial charge in [-0.2, -0.15) is 0 Å². The van der Waals surface area contributed by atoms with E-state index in [1.165, 1.54) is 16.7 Å². The van der Waals surface area contributed by atoms with E-state index in [0.717, 1.165) is 5.69 Å². The Balaban J connectivity index is 2.25. The third-order valence-corrected chi connectivity index (χ3v) is 3.76. The third-order valence-electron chi connectivity index (χ3n) is 3.19. The van der Waals surface area contributed by atoms with Gasteiger partial charge < -0.3 is 5.32 Å². The molecule has 0 saturated heterocycles. The first-order valence-corrected chi connectivity index (χ1v) is 7.01. The maximum atomic E-state index is 6.17. The number of anilines is 1. The topological polar surface area (TPSA) is 12.0 Å². The van der Waals surface area contributed by atoms with Crippen LogP contribution in [0.3, 0.4) is 0 Å². The Bertz CT molecular complexity index is 593. The predicted molar refractivity (Wildman–Crippen MR) is 84.4 cm³/mol. The lowest BCUT2D eigenvalue weighted by Gasteiger charge is -2.19. The quantitative estimate of drug-likeness (QED) is 0.756. The largest absolute Gasteiger partial charge is 0.377 e. The molecule has 0 saturated carbocycles. The van der Waals surface area contributed by atoms with Crippen molar-refractivity contribution >= 4 is 28.9 Å². The van der Waals surface area contributed by atoms with E-state index in [0.29, 0.717) is 10.0 Å². The summed E-state index contributed by atoms with van der Waals surface area (Å²) in [5, 5.41) is 4.77. The fourth-order valence-electron chi connectivity index (χ4n) is 2.23. The van der Waals surface area contributed by atoms with Crippen LogP contribution in [0.25, 0.3) is 0 Å². The SMILES string of the molecule is Cc1ccc(C(C)Nc2cc(Cl)ccc2Cl)c(C)c1. The van der Waals surface area contributed by atoms with Crippen LogP contribution < -0.4 is 5.32 Å². The first kappa shape index (κ1) is 14.2. The Morgan fingerprint density at radius 2 is 1.74 bits per heavy atom. The summed E-state index contributed by atoms with van der Waals surface area (Å²) in [6.07, 6.45) is 0. The molecule has 0 radical (unpaired) electrons. The number of aryl methyl sites for hydroxylation is 2. The van der Waals surface area contributed by atoms with Gasteiger partial charge in [-0.05, 0) is 50.1 Å². The van der Waals surface area contributed by atoms with Crippen LogP contribution >= 0.6 is 23.2 Å². The number of halogens is 2. The van der Waals surface area contributed by atoms with Crippen LogP contribution in [0.4, 0.5) is 5.69 Å². The molecule has 0 bridgehead atoms. The minimum atomic E-state index is 0.177. The van der Waals surface area contributed by atoms with Crippen LogP contribution in [0.15, 0.2) is 36.4 Å². The number of hydrogen-bond acceptors (Lipinski definition) is 1. The van der Waals surface area contributed by atoms with Gasteiger partial charge in [-0.1, -0.05) is 47.0 Å². The highest BCUT2D eigenvalue weighted by molar-refractivity contribution is 6.35. The standard InChI is InChI=1S/C16H17Cl2N/c1-10-4-6-14(11(2)8-10)12(3)19-16-9-13(17)5-7-15(16)18/h4-9,12,19H,1-3H3. The number of hydrogen-bond donors (Lipinski definition) is 1. The Morgan fingerprint density at radius 1 is 1.00 bits per heavy atom. The Hall–Kier alpha value is -1.18. The van der Waals surface area contributed by atoms with E-state index in [1.807, 2.05) is 6.07 Å². The summed E-state index contributed by atoms with van der Waals surface area (Å²) in [6.45, 7) is 6.34. The van der Waals surface area contributed by atoms with Crippen LogP contribution in [0.5, 0.6) is 0 Å². The van der Waals surface area contributed by atoms with Crippen molar-refractivity contribution < 1.29 is 0 Å². The average Bonchev–Trinajstić information content (AvgIpc) is 2.33. The fourth-order valence-corrected chi connectivity index (χ4v) is 2.57. The van der Waals surface area contributed by atoms with Crippen molar-refractivity contribution in [1.29, 1.82) is 0 Å². The summed E-state index contributed by atoms with van der Waals surface area (Å²) in [7, 11) is 0. The molecule has 0 amide bonds. The second-order valence-corrected chi connectivity index (χ2v) is 5.69. The van der Waals surface area contributed by atoms with E-state index < -0.39 is 0 Å². The average molecular weight is 294 g/mol. The number of nitrogens with one attached hydrogen (secondary N) is 1. The fraction of sp³-hybridized carbons (Fsp3) is 0.250. The molecular formula is C16H17Cl2N. The van der Waals surface area contributed by atoms with Crippen molar-refractivity contribution in [1.82, 2.24) is 0 Å². The first-order valence-electron chi connectivity index (χ1n) is 6.26. The van der Waals surface area contributed by atoms with Crippen molar-refractivity contribution in [3.63, 3.8) is 0 Å². The van der Waals surface area contributed by atoms with E-state index >= 15 is 0 Å². The normalized spacial score (nSPS) is 12.3. The van der Waals surface area contributed by atoms with Crippen LogP contribution in [-0.4, -0.2) is 0 Å². The molecule has 0 fully saturated rings. The monoisotopic (exact) mass is 293 g/mol. The molecule has 0 aliphatic carbocycles. The molecule has 1 N–H and O–H groups in total. The molecule has 3 heteroatoms. The molecule has 100 valence electrons. The van der Waals surface area contributed by atoms with Crippen molar-refractivity contribution in [2.45, 2.75) is 26.8 Å². The molecule has 1 nitrogen and oxygen atoms in total. The summed E-state index contributed by atoms with van der Waals surface area (Å²) in [5.74, 6) is 0. The zero-order valence-electron chi connectivity index (χ0n) is 11.3. The molecule has 0 heterocycles. The van der Waals surface area contributed by atoms with Gasteiger partial charge in [0, 0.05) is 11.1 Å². The van der Waals surface area contributed by atoms with Crippen LogP contribution in [0.2, 0.25) is 10.0 Å². The van der Waals surface area contributed by atoms with Crippen LogP contribution in [0.1, 0.15) is 29.7 Å². The van der Waals surface area contributed by atoms with Gasteiger partial charge in [0.25, 0.3) is 0 Å². The summed E-state index contributed by atoms with van der Waals surface area (Å²) >= 11 is 12.2. The predicted octanol–water partition coefficient (Wildman–Crippen LogP) is 5.78. The second kappa shape index (κ2) is 5.85. The molecule has 0 aromatic heterocycles. The van der Waals surface area contributed by atoms with Gasteiger partial charge in [-0.25, -0.2) is 0 Å². The van der Waals surface area contributed by atoms with Gasteiger partial charge in [-0.3, -0.25) is 0 Å². The van der Waals surface area contributed by atoms with Gasteiger partial charge in [0.2, 0.25) is 0 Å². The van der Waals surface area contributed by atoms with E-state index in [-0.39, 0.29) is 6.04 Å². The van der Waals surface area contributed by atoms with Gasteiger partial charge >= 0.3 is 0 Å². The zero-order chi connectivity index (χ0) is 14.0. The smallest absolute Gasteiger partial charge is 0.0638 e. The maximum Gasteiger partial charge on any atom is 0.0638 e. The van der Waals surface area contributed by atoms with Crippen molar-refractivity contribution in [3.8, 4) is 0 Å². The minimum Gasteiger partial charge on any atom is -0.377 e. The number of rotatable bonds is 3. The van der Waals surface area contributed by atoms with Crippen molar-refractivity contribution in [3.05, 3.63) is 63.1 Å². The molecule has 0 aliphatic rings. The summed E-state index contributed by atoms with van der Waals surface area (Å²) in [4.78, 5) is 0. The Kier molecular flexibility index (Phi) is 4.38. The van der Waals surface area contributed by atoms with Gasteiger partial charge in [0.1, 0.15) is 0 Å². The Labute approximate surface area is 124 Å². The summed E-state index contributed by atoms with van der Waals surface area (Å²) in [5.41, 5.74) is 4.68. The van der Waals surface area contributed by atoms with E-state index in [4.69, 9.17) is 23.2 Å². The molecule has 2 aromatic rings. The lowest BCUT2D eigenvalue weighted by atomic mass is 10.00. The van der Waals surface area contributed by atoms with Crippen LogP contribution in [-0.2, 0) is 0 Å². The lowest BCUT2D eigenvalue weighted by Crippen LogP contribution is -2.08.